The van der Waals surface area contributed by atoms with E-state index in [9.17, 15) is 4.79 Å². The minimum Gasteiger partial charge on any atom is -0.481 e. The molecular weight excluding hydrogens is 182 g/mol. The summed E-state index contributed by atoms with van der Waals surface area (Å²) < 4.78 is 0. The molecule has 0 aliphatic carbocycles. The van der Waals surface area contributed by atoms with Crippen LogP contribution < -0.4 is 0 Å². The Labute approximate surface area is 80.6 Å². The van der Waals surface area contributed by atoms with E-state index >= 15 is 0 Å². The van der Waals surface area contributed by atoms with Gasteiger partial charge in [0, 0.05) is 4.91 Å². The molecule has 0 heterocycles. The molecular formula is C9H9N3O2. The van der Waals surface area contributed by atoms with Gasteiger partial charge in [-0.05, 0) is 11.1 Å². The largest absolute Gasteiger partial charge is 0.481 e. The molecule has 1 aromatic rings. The number of carboxylic acids is 1. The molecule has 0 fully saturated rings. The Morgan fingerprint density at radius 3 is 2.64 bits per heavy atom. The van der Waals surface area contributed by atoms with E-state index in [0.29, 0.717) is 5.56 Å². The van der Waals surface area contributed by atoms with Crippen molar-refractivity contribution in [2.45, 2.75) is 12.5 Å². The van der Waals surface area contributed by atoms with E-state index in [4.69, 9.17) is 10.6 Å². The highest BCUT2D eigenvalue weighted by Gasteiger charge is 2.12. The molecule has 72 valence electrons. The average Bonchev–Trinajstić information content (AvgIpc) is 2.18. The molecule has 0 aliphatic heterocycles. The summed E-state index contributed by atoms with van der Waals surface area (Å²) >= 11 is 0. The second kappa shape index (κ2) is 4.89. The number of carboxylic acid groups (broad SMARTS) is 1. The van der Waals surface area contributed by atoms with Crippen molar-refractivity contribution in [2.75, 3.05) is 0 Å². The molecule has 0 aromatic heterocycles. The second-order valence-electron chi connectivity index (χ2n) is 2.73. The van der Waals surface area contributed by atoms with Gasteiger partial charge in [-0.2, -0.15) is 0 Å². The molecule has 0 spiro atoms. The summed E-state index contributed by atoms with van der Waals surface area (Å²) in [5.41, 5.74) is 8.99. The number of aliphatic carboxylic acids is 1. The fourth-order valence-electron chi connectivity index (χ4n) is 1.13. The number of hydrogen-bond donors (Lipinski definition) is 1. The minimum absolute atomic E-state index is 0.186. The van der Waals surface area contributed by atoms with E-state index in [1.54, 1.807) is 24.3 Å². The SMILES string of the molecule is [N-]=[N+]=N[C@@H](CC(=O)O)c1ccccc1. The van der Waals surface area contributed by atoms with Gasteiger partial charge in [-0.25, -0.2) is 0 Å². The molecule has 0 amide bonds. The fourth-order valence-corrected chi connectivity index (χ4v) is 1.13. The van der Waals surface area contributed by atoms with Gasteiger partial charge < -0.3 is 5.11 Å². The predicted octanol–water partition coefficient (Wildman–Crippen LogP) is 2.51. The van der Waals surface area contributed by atoms with Crippen molar-refractivity contribution in [1.29, 1.82) is 0 Å². The van der Waals surface area contributed by atoms with Gasteiger partial charge in [0.1, 0.15) is 0 Å². The lowest BCUT2D eigenvalue weighted by Crippen LogP contribution is -2.03. The van der Waals surface area contributed by atoms with Crippen molar-refractivity contribution in [2.24, 2.45) is 5.11 Å². The Kier molecular flexibility index (Phi) is 3.52. The van der Waals surface area contributed by atoms with Crippen molar-refractivity contribution in [3.05, 3.63) is 46.3 Å². The van der Waals surface area contributed by atoms with E-state index in [2.05, 4.69) is 10.0 Å². The molecule has 0 radical (unpaired) electrons. The van der Waals surface area contributed by atoms with Gasteiger partial charge in [-0.1, -0.05) is 35.4 Å². The Bertz CT molecular complexity index is 358. The molecule has 0 saturated carbocycles. The monoisotopic (exact) mass is 191 g/mol. The van der Waals surface area contributed by atoms with Crippen LogP contribution in [0.3, 0.4) is 0 Å². The molecule has 1 rings (SSSR count). The van der Waals surface area contributed by atoms with Crippen molar-refractivity contribution >= 4 is 5.97 Å². The summed E-state index contributed by atoms with van der Waals surface area (Å²) in [5.74, 6) is -0.980. The summed E-state index contributed by atoms with van der Waals surface area (Å²) in [5, 5.41) is 12.0. The number of rotatable bonds is 4. The number of carbonyl (C=O) groups is 1. The third-order valence-electron chi connectivity index (χ3n) is 1.74. The van der Waals surface area contributed by atoms with Gasteiger partial charge in [0.2, 0.25) is 0 Å². The molecule has 1 aromatic carbocycles. The first kappa shape index (κ1) is 10.1. The van der Waals surface area contributed by atoms with Gasteiger partial charge in [-0.15, -0.1) is 0 Å². The second-order valence-corrected chi connectivity index (χ2v) is 2.73. The van der Waals surface area contributed by atoms with Gasteiger partial charge in [0.15, 0.2) is 0 Å². The summed E-state index contributed by atoms with van der Waals surface area (Å²) in [6.45, 7) is 0. The lowest BCUT2D eigenvalue weighted by Gasteiger charge is -2.07. The van der Waals surface area contributed by atoms with Gasteiger partial charge >= 0.3 is 5.97 Å². The highest BCUT2D eigenvalue weighted by molar-refractivity contribution is 5.67. The van der Waals surface area contributed by atoms with Crippen LogP contribution in [-0.4, -0.2) is 11.1 Å². The summed E-state index contributed by atoms with van der Waals surface area (Å²) in [6.07, 6.45) is -0.186. The minimum atomic E-state index is -0.980. The zero-order chi connectivity index (χ0) is 10.4. The number of benzene rings is 1. The molecule has 0 saturated heterocycles. The molecule has 0 bridgehead atoms. The first-order valence-electron chi connectivity index (χ1n) is 4.05. The van der Waals surface area contributed by atoms with Crippen LogP contribution in [0.5, 0.6) is 0 Å². The van der Waals surface area contributed by atoms with E-state index < -0.39 is 12.0 Å². The first-order chi connectivity index (χ1) is 6.74. The quantitative estimate of drug-likeness (QED) is 0.450. The molecule has 5 heteroatoms. The average molecular weight is 191 g/mol. The van der Waals surface area contributed by atoms with Crippen LogP contribution in [0.2, 0.25) is 0 Å². The first-order valence-corrected chi connectivity index (χ1v) is 4.05. The lowest BCUT2D eigenvalue weighted by molar-refractivity contribution is -0.137. The highest BCUT2D eigenvalue weighted by atomic mass is 16.4. The standard InChI is InChI=1S/C9H9N3O2/c10-12-11-8(6-9(13)14)7-4-2-1-3-5-7/h1-5,8H,6H2,(H,13,14)/t8-/m0/s1. The fraction of sp³-hybridized carbons (Fsp3) is 0.222. The van der Waals surface area contributed by atoms with Crippen LogP contribution >= 0.6 is 0 Å². The number of hydrogen-bond acceptors (Lipinski definition) is 2. The van der Waals surface area contributed by atoms with Crippen LogP contribution in [0.15, 0.2) is 35.4 Å². The Hall–Kier alpha value is -2.00. The summed E-state index contributed by atoms with van der Waals surface area (Å²) in [7, 11) is 0. The van der Waals surface area contributed by atoms with E-state index in [1.807, 2.05) is 6.07 Å². The molecule has 1 N–H and O–H groups in total. The maximum absolute atomic E-state index is 10.5. The lowest BCUT2D eigenvalue weighted by atomic mass is 10.1. The summed E-state index contributed by atoms with van der Waals surface area (Å²) in [6, 6.07) is 8.22. The number of azide groups is 1. The van der Waals surface area contributed by atoms with E-state index in [0.717, 1.165) is 0 Å². The third kappa shape index (κ3) is 2.80. The Morgan fingerprint density at radius 1 is 1.50 bits per heavy atom. The normalized spacial score (nSPS) is 11.4. The van der Waals surface area contributed by atoms with E-state index in [-0.39, 0.29) is 6.42 Å². The van der Waals surface area contributed by atoms with Crippen LogP contribution in [0.25, 0.3) is 10.4 Å². The maximum Gasteiger partial charge on any atom is 0.304 e. The van der Waals surface area contributed by atoms with E-state index in [1.165, 1.54) is 0 Å². The maximum atomic E-state index is 10.5. The molecule has 0 unspecified atom stereocenters. The zero-order valence-corrected chi connectivity index (χ0v) is 7.37. The predicted molar refractivity (Wildman–Crippen MR) is 50.6 cm³/mol. The van der Waals surface area contributed by atoms with Crippen molar-refractivity contribution in [1.82, 2.24) is 0 Å². The van der Waals surface area contributed by atoms with Crippen molar-refractivity contribution in [3.8, 4) is 0 Å². The highest BCUT2D eigenvalue weighted by Crippen LogP contribution is 2.20. The third-order valence-corrected chi connectivity index (χ3v) is 1.74. The Morgan fingerprint density at radius 2 is 2.14 bits per heavy atom. The molecule has 14 heavy (non-hydrogen) atoms. The van der Waals surface area contributed by atoms with Crippen LogP contribution in [-0.2, 0) is 4.79 Å². The van der Waals surface area contributed by atoms with Crippen LogP contribution in [0, 0.1) is 0 Å². The van der Waals surface area contributed by atoms with Gasteiger partial charge in [0.25, 0.3) is 0 Å². The molecule has 1 atom stereocenters. The van der Waals surface area contributed by atoms with Crippen LogP contribution in [0.1, 0.15) is 18.0 Å². The van der Waals surface area contributed by atoms with Gasteiger partial charge in [0.05, 0.1) is 12.5 Å². The topological polar surface area (TPSA) is 86.1 Å². The number of nitrogens with zero attached hydrogens (tertiary/aromatic N) is 3. The molecule has 0 aliphatic rings. The van der Waals surface area contributed by atoms with Crippen LogP contribution in [0.4, 0.5) is 0 Å². The Balaban J connectivity index is 2.88. The van der Waals surface area contributed by atoms with Crippen molar-refractivity contribution < 1.29 is 9.90 Å². The van der Waals surface area contributed by atoms with Crippen molar-refractivity contribution in [3.63, 3.8) is 0 Å². The summed E-state index contributed by atoms with van der Waals surface area (Å²) in [4.78, 5) is 13.1. The zero-order valence-electron chi connectivity index (χ0n) is 7.37. The van der Waals surface area contributed by atoms with Gasteiger partial charge in [-0.3, -0.25) is 4.79 Å². The molecule has 5 nitrogen and oxygen atoms in total. The smallest absolute Gasteiger partial charge is 0.304 e.